The second-order valence-electron chi connectivity index (χ2n) is 3.59. The Hall–Kier alpha value is -2.10. The number of aromatic nitrogens is 3. The second kappa shape index (κ2) is 4.23. The zero-order chi connectivity index (χ0) is 14.3. The maximum Gasteiger partial charge on any atom is 0.443 e. The Morgan fingerprint density at radius 3 is 2.89 bits per heavy atom. The molecule has 2 heterocycles. The van der Waals surface area contributed by atoms with E-state index in [1.807, 2.05) is 0 Å². The quantitative estimate of drug-likeness (QED) is 0.759. The van der Waals surface area contributed by atoms with Gasteiger partial charge in [0.2, 0.25) is 5.95 Å². The number of aliphatic hydroxyl groups is 1. The lowest BCUT2D eigenvalue weighted by atomic mass is 10.0. The molecule has 0 aliphatic carbocycles. The highest BCUT2D eigenvalue weighted by molar-refractivity contribution is 5.91. The molecule has 2 rings (SSSR count). The van der Waals surface area contributed by atoms with Gasteiger partial charge in [-0.2, -0.15) is 27.9 Å². The van der Waals surface area contributed by atoms with Gasteiger partial charge in [0.1, 0.15) is 11.9 Å². The van der Waals surface area contributed by atoms with Gasteiger partial charge in [0, 0.05) is 6.20 Å². The Morgan fingerprint density at radius 1 is 1.63 bits per heavy atom. The average molecular weight is 278 g/mol. The molecule has 1 aromatic heterocycles. The minimum absolute atomic E-state index is 0.131. The number of carbonyl (C=O) groups is 1. The van der Waals surface area contributed by atoms with Crippen LogP contribution in [0, 0.1) is 0 Å². The molecule has 10 heteroatoms. The Labute approximate surface area is 104 Å². The highest BCUT2D eigenvalue weighted by atomic mass is 19.4. The first kappa shape index (κ1) is 13.3. The van der Waals surface area contributed by atoms with Crippen LogP contribution in [0.5, 0.6) is 0 Å². The molecular formula is C9H9F3N4O3. The number of fused-ring (bicyclic) bond motifs is 1. The molecule has 0 saturated carbocycles. The van der Waals surface area contributed by atoms with E-state index in [4.69, 9.17) is 0 Å². The standard InChI is InChI=1S/C9H9F3N4O3/c1-2-19-6(17)5-3-13-7-14-4-15-16(7)8(5,18)9(10,11)12/h3-4,18H,2H2,1H3,(H,13,14,15). The number of esters is 1. The van der Waals surface area contributed by atoms with Crippen molar-refractivity contribution in [2.24, 2.45) is 0 Å². The fourth-order valence-electron chi connectivity index (χ4n) is 1.61. The predicted octanol–water partition coefficient (Wildman–Crippen LogP) is 0.358. The summed E-state index contributed by atoms with van der Waals surface area (Å²) in [6.45, 7) is 1.30. The molecule has 1 aliphatic rings. The molecule has 1 aromatic rings. The molecule has 0 radical (unpaired) electrons. The number of anilines is 1. The summed E-state index contributed by atoms with van der Waals surface area (Å²) < 4.78 is 44.0. The minimum Gasteiger partial charge on any atom is -0.462 e. The van der Waals surface area contributed by atoms with Crippen molar-refractivity contribution in [1.82, 2.24) is 14.8 Å². The molecule has 0 aromatic carbocycles. The zero-order valence-electron chi connectivity index (χ0n) is 9.60. The molecule has 1 unspecified atom stereocenters. The molecule has 0 spiro atoms. The maximum absolute atomic E-state index is 13.1. The van der Waals surface area contributed by atoms with Crippen LogP contribution in [-0.4, -0.2) is 38.6 Å². The van der Waals surface area contributed by atoms with Gasteiger partial charge in [-0.3, -0.25) is 0 Å². The number of rotatable bonds is 2. The molecule has 0 fully saturated rings. The van der Waals surface area contributed by atoms with Crippen molar-refractivity contribution in [3.05, 3.63) is 18.1 Å². The normalized spacial score (nSPS) is 22.3. The van der Waals surface area contributed by atoms with Crippen molar-refractivity contribution in [2.45, 2.75) is 18.8 Å². The smallest absolute Gasteiger partial charge is 0.443 e. The second-order valence-corrected chi connectivity index (χ2v) is 3.59. The van der Waals surface area contributed by atoms with Gasteiger partial charge >= 0.3 is 12.1 Å². The third-order valence-corrected chi connectivity index (χ3v) is 2.47. The zero-order valence-corrected chi connectivity index (χ0v) is 9.60. The van der Waals surface area contributed by atoms with E-state index >= 15 is 0 Å². The van der Waals surface area contributed by atoms with Gasteiger partial charge in [-0.1, -0.05) is 0 Å². The first-order valence-electron chi connectivity index (χ1n) is 5.16. The van der Waals surface area contributed by atoms with Gasteiger partial charge in [0.15, 0.2) is 0 Å². The first-order chi connectivity index (χ1) is 8.82. The summed E-state index contributed by atoms with van der Waals surface area (Å²) in [6, 6.07) is 0. The van der Waals surface area contributed by atoms with Crippen LogP contribution in [0.4, 0.5) is 19.1 Å². The van der Waals surface area contributed by atoms with Crippen LogP contribution < -0.4 is 5.32 Å². The fraction of sp³-hybridized carbons (Fsp3) is 0.444. The summed E-state index contributed by atoms with van der Waals surface area (Å²) in [5, 5.41) is 15.6. The Balaban J connectivity index is 2.56. The van der Waals surface area contributed by atoms with Crippen molar-refractivity contribution in [1.29, 1.82) is 0 Å². The first-order valence-corrected chi connectivity index (χ1v) is 5.16. The van der Waals surface area contributed by atoms with Crippen LogP contribution >= 0.6 is 0 Å². The molecule has 19 heavy (non-hydrogen) atoms. The van der Waals surface area contributed by atoms with Crippen molar-refractivity contribution < 1.29 is 27.8 Å². The van der Waals surface area contributed by atoms with Crippen molar-refractivity contribution in [3.8, 4) is 0 Å². The van der Waals surface area contributed by atoms with Gasteiger partial charge in [0.25, 0.3) is 5.72 Å². The number of nitrogens with zero attached hydrogens (tertiary/aromatic N) is 3. The van der Waals surface area contributed by atoms with E-state index in [0.717, 1.165) is 6.33 Å². The number of ether oxygens (including phenoxy) is 1. The lowest BCUT2D eigenvalue weighted by Crippen LogP contribution is -2.53. The lowest BCUT2D eigenvalue weighted by molar-refractivity contribution is -0.285. The number of halogens is 3. The van der Waals surface area contributed by atoms with E-state index in [-0.39, 0.29) is 17.2 Å². The number of hydrogen-bond donors (Lipinski definition) is 2. The third kappa shape index (κ3) is 1.84. The number of hydrogen-bond acceptors (Lipinski definition) is 6. The minimum atomic E-state index is -5.17. The summed E-state index contributed by atoms with van der Waals surface area (Å²) in [7, 11) is 0. The van der Waals surface area contributed by atoms with Crippen molar-refractivity contribution >= 4 is 11.9 Å². The Kier molecular flexibility index (Phi) is 2.97. The highest BCUT2D eigenvalue weighted by Crippen LogP contribution is 2.43. The average Bonchev–Trinajstić information content (AvgIpc) is 2.77. The summed E-state index contributed by atoms with van der Waals surface area (Å²) in [4.78, 5) is 15.0. The molecule has 1 atom stereocenters. The summed E-state index contributed by atoms with van der Waals surface area (Å²) in [5.74, 6) is -1.64. The van der Waals surface area contributed by atoms with Gasteiger partial charge in [-0.25, -0.2) is 4.79 Å². The SMILES string of the molecule is CCOC(=O)C1=CNc2ncnn2C1(O)C(F)(F)F. The largest absolute Gasteiger partial charge is 0.462 e. The van der Waals surface area contributed by atoms with Crippen LogP contribution in [-0.2, 0) is 15.3 Å². The Bertz CT molecular complexity index is 539. The van der Waals surface area contributed by atoms with Crippen molar-refractivity contribution in [3.63, 3.8) is 0 Å². The summed E-state index contributed by atoms with van der Waals surface area (Å²) >= 11 is 0. The molecule has 0 bridgehead atoms. The molecule has 0 saturated heterocycles. The van der Waals surface area contributed by atoms with E-state index in [1.165, 1.54) is 6.92 Å². The number of nitrogens with one attached hydrogen (secondary N) is 1. The molecule has 1 aliphatic heterocycles. The fourth-order valence-corrected chi connectivity index (χ4v) is 1.61. The van der Waals surface area contributed by atoms with Gasteiger partial charge in [-0.05, 0) is 6.92 Å². The van der Waals surface area contributed by atoms with Crippen LogP contribution in [0.2, 0.25) is 0 Å². The maximum atomic E-state index is 13.1. The van der Waals surface area contributed by atoms with Crippen LogP contribution in [0.25, 0.3) is 0 Å². The van der Waals surface area contributed by atoms with Crippen LogP contribution in [0.1, 0.15) is 6.92 Å². The van der Waals surface area contributed by atoms with Crippen LogP contribution in [0.15, 0.2) is 18.1 Å². The lowest BCUT2D eigenvalue weighted by Gasteiger charge is -2.34. The topological polar surface area (TPSA) is 89.3 Å². The summed E-state index contributed by atoms with van der Waals surface area (Å²) in [6.07, 6.45) is -3.65. The molecule has 104 valence electrons. The van der Waals surface area contributed by atoms with Gasteiger partial charge in [0.05, 0.1) is 6.61 Å². The molecule has 0 amide bonds. The monoisotopic (exact) mass is 278 g/mol. The summed E-state index contributed by atoms with van der Waals surface area (Å²) in [5.41, 5.74) is -4.63. The highest BCUT2D eigenvalue weighted by Gasteiger charge is 2.63. The third-order valence-electron chi connectivity index (χ3n) is 2.47. The van der Waals surface area contributed by atoms with Crippen molar-refractivity contribution in [2.75, 3.05) is 11.9 Å². The van der Waals surface area contributed by atoms with Crippen LogP contribution in [0.3, 0.4) is 0 Å². The van der Waals surface area contributed by atoms with E-state index < -0.39 is 23.4 Å². The molecule has 7 nitrogen and oxygen atoms in total. The van der Waals surface area contributed by atoms with Gasteiger partial charge < -0.3 is 15.2 Å². The predicted molar refractivity (Wildman–Crippen MR) is 54.6 cm³/mol. The number of carbonyl (C=O) groups excluding carboxylic acids is 1. The number of alkyl halides is 3. The molecule has 2 N–H and O–H groups in total. The van der Waals surface area contributed by atoms with E-state index in [0.29, 0.717) is 6.20 Å². The molecular weight excluding hydrogens is 269 g/mol. The van der Waals surface area contributed by atoms with E-state index in [9.17, 15) is 23.1 Å². The van der Waals surface area contributed by atoms with E-state index in [2.05, 4.69) is 20.1 Å². The van der Waals surface area contributed by atoms with E-state index in [1.54, 1.807) is 0 Å². The van der Waals surface area contributed by atoms with Gasteiger partial charge in [-0.15, -0.1) is 0 Å². The Morgan fingerprint density at radius 2 is 2.32 bits per heavy atom.